The van der Waals surface area contributed by atoms with Crippen LogP contribution in [0.3, 0.4) is 0 Å². The molecule has 0 spiro atoms. The number of carbonyl (C=O) groups excluding carboxylic acids is 2. The predicted molar refractivity (Wildman–Crippen MR) is 98.0 cm³/mol. The number of carbonyl (C=O) groups is 3. The number of nitrogens with one attached hydrogen (secondary N) is 1. The summed E-state index contributed by atoms with van der Waals surface area (Å²) in [6.07, 6.45) is 0.529. The molecule has 2 N–H and O–H groups in total. The van der Waals surface area contributed by atoms with Gasteiger partial charge in [-0.1, -0.05) is 12.1 Å². The molecule has 0 unspecified atom stereocenters. The SMILES string of the molecule is Cc1ccc(C)c(N2N=C(C(=O)NCCSCC(=O)O)CCC2=O)c1. The van der Waals surface area contributed by atoms with Crippen molar-refractivity contribution < 1.29 is 19.5 Å². The van der Waals surface area contributed by atoms with E-state index in [4.69, 9.17) is 5.11 Å². The fourth-order valence-corrected chi connectivity index (χ4v) is 2.92. The van der Waals surface area contributed by atoms with E-state index in [-0.39, 0.29) is 24.0 Å². The molecule has 1 aliphatic heterocycles. The summed E-state index contributed by atoms with van der Waals surface area (Å²) in [5, 5.41) is 16.8. The van der Waals surface area contributed by atoms with Crippen LogP contribution in [0.5, 0.6) is 0 Å². The Bertz CT molecular complexity index is 718. The first kappa shape index (κ1) is 19.0. The lowest BCUT2D eigenvalue weighted by Gasteiger charge is -2.24. The second kappa shape index (κ2) is 8.66. The molecule has 0 bridgehead atoms. The normalized spacial score (nSPS) is 14.2. The Morgan fingerprint density at radius 3 is 2.80 bits per heavy atom. The van der Waals surface area contributed by atoms with Crippen LogP contribution < -0.4 is 10.3 Å². The molecule has 0 aromatic heterocycles. The molecule has 25 heavy (non-hydrogen) atoms. The molecule has 0 saturated heterocycles. The Morgan fingerprint density at radius 2 is 2.08 bits per heavy atom. The number of rotatable bonds is 7. The molecule has 0 fully saturated rings. The fraction of sp³-hybridized carbons (Fsp3) is 0.412. The number of hydrazone groups is 1. The maximum atomic E-state index is 12.2. The summed E-state index contributed by atoms with van der Waals surface area (Å²) in [5.74, 6) is -0.826. The van der Waals surface area contributed by atoms with Crippen molar-refractivity contribution in [2.24, 2.45) is 5.10 Å². The summed E-state index contributed by atoms with van der Waals surface area (Å²) >= 11 is 1.23. The van der Waals surface area contributed by atoms with Crippen molar-refractivity contribution in [3.05, 3.63) is 29.3 Å². The molecule has 7 nitrogen and oxygen atoms in total. The van der Waals surface area contributed by atoms with Crippen LogP contribution in [-0.2, 0) is 14.4 Å². The zero-order valence-electron chi connectivity index (χ0n) is 14.2. The van der Waals surface area contributed by atoms with Crippen LogP contribution in [0, 0.1) is 13.8 Å². The predicted octanol–water partition coefficient (Wildman–Crippen LogP) is 1.72. The first-order chi connectivity index (χ1) is 11.9. The number of hydrogen-bond donors (Lipinski definition) is 2. The summed E-state index contributed by atoms with van der Waals surface area (Å²) < 4.78 is 0. The van der Waals surface area contributed by atoms with Crippen LogP contribution in [0.25, 0.3) is 0 Å². The molecule has 2 rings (SSSR count). The minimum atomic E-state index is -0.879. The zero-order chi connectivity index (χ0) is 18.4. The van der Waals surface area contributed by atoms with E-state index in [1.54, 1.807) is 0 Å². The molecular weight excluding hydrogens is 342 g/mol. The highest BCUT2D eigenvalue weighted by molar-refractivity contribution is 7.99. The average Bonchev–Trinajstić information content (AvgIpc) is 2.57. The van der Waals surface area contributed by atoms with Crippen molar-refractivity contribution in [2.45, 2.75) is 26.7 Å². The van der Waals surface area contributed by atoms with Crippen molar-refractivity contribution in [2.75, 3.05) is 23.1 Å². The Hall–Kier alpha value is -2.35. The minimum absolute atomic E-state index is 0.00569. The van der Waals surface area contributed by atoms with E-state index in [0.717, 1.165) is 11.1 Å². The summed E-state index contributed by atoms with van der Waals surface area (Å²) in [6, 6.07) is 5.75. The van der Waals surface area contributed by atoms with Crippen molar-refractivity contribution in [3.8, 4) is 0 Å². The summed E-state index contributed by atoms with van der Waals surface area (Å²) in [7, 11) is 0. The maximum Gasteiger partial charge on any atom is 0.313 e. The number of amides is 2. The lowest BCUT2D eigenvalue weighted by atomic mass is 10.1. The Labute approximate surface area is 150 Å². The van der Waals surface area contributed by atoms with Crippen molar-refractivity contribution >= 4 is 40.9 Å². The molecule has 0 saturated carbocycles. The third-order valence-corrected chi connectivity index (χ3v) is 4.59. The van der Waals surface area contributed by atoms with E-state index in [9.17, 15) is 14.4 Å². The third-order valence-electron chi connectivity index (χ3n) is 3.65. The molecule has 0 radical (unpaired) electrons. The molecular formula is C17H21N3O4S. The molecule has 2 amide bonds. The first-order valence-corrected chi connectivity index (χ1v) is 9.09. The number of nitrogens with zero attached hydrogens (tertiary/aromatic N) is 2. The van der Waals surface area contributed by atoms with Gasteiger partial charge in [0, 0.05) is 25.1 Å². The van der Waals surface area contributed by atoms with Crippen LogP contribution in [0.2, 0.25) is 0 Å². The topological polar surface area (TPSA) is 99.1 Å². The number of aryl methyl sites for hydroxylation is 2. The maximum absolute atomic E-state index is 12.2. The molecule has 1 aromatic carbocycles. The zero-order valence-corrected chi connectivity index (χ0v) is 15.1. The number of carboxylic acid groups (broad SMARTS) is 1. The van der Waals surface area contributed by atoms with Crippen molar-refractivity contribution in [3.63, 3.8) is 0 Å². The van der Waals surface area contributed by atoms with E-state index < -0.39 is 5.97 Å². The number of aliphatic carboxylic acids is 1. The molecule has 0 aliphatic carbocycles. The van der Waals surface area contributed by atoms with Crippen LogP contribution in [0.4, 0.5) is 5.69 Å². The van der Waals surface area contributed by atoms with Gasteiger partial charge in [0.05, 0.1) is 11.4 Å². The highest BCUT2D eigenvalue weighted by Gasteiger charge is 2.26. The third kappa shape index (κ3) is 5.32. The Kier molecular flexibility index (Phi) is 6.58. The van der Waals surface area contributed by atoms with E-state index in [2.05, 4.69) is 10.4 Å². The second-order valence-electron chi connectivity index (χ2n) is 5.74. The van der Waals surface area contributed by atoms with Gasteiger partial charge in [0.25, 0.3) is 5.91 Å². The van der Waals surface area contributed by atoms with Crippen LogP contribution in [0.1, 0.15) is 24.0 Å². The summed E-state index contributed by atoms with van der Waals surface area (Å²) in [6.45, 7) is 4.18. The largest absolute Gasteiger partial charge is 0.481 e. The Morgan fingerprint density at radius 1 is 1.32 bits per heavy atom. The van der Waals surface area contributed by atoms with Crippen molar-refractivity contribution in [1.29, 1.82) is 0 Å². The van der Waals surface area contributed by atoms with Gasteiger partial charge in [0.2, 0.25) is 5.91 Å². The molecule has 134 valence electrons. The fourth-order valence-electron chi connectivity index (χ4n) is 2.35. The second-order valence-corrected chi connectivity index (χ2v) is 6.85. The van der Waals surface area contributed by atoms with E-state index in [0.29, 0.717) is 30.1 Å². The van der Waals surface area contributed by atoms with Gasteiger partial charge in [-0.15, -0.1) is 11.8 Å². The molecule has 8 heteroatoms. The van der Waals surface area contributed by atoms with Gasteiger partial charge in [0.1, 0.15) is 5.71 Å². The number of anilines is 1. The quantitative estimate of drug-likeness (QED) is 0.719. The highest BCUT2D eigenvalue weighted by atomic mass is 32.2. The monoisotopic (exact) mass is 363 g/mol. The number of carboxylic acids is 1. The van der Waals surface area contributed by atoms with Gasteiger partial charge in [-0.25, -0.2) is 5.01 Å². The lowest BCUT2D eigenvalue weighted by molar-refractivity contribution is -0.134. The highest BCUT2D eigenvalue weighted by Crippen LogP contribution is 2.25. The van der Waals surface area contributed by atoms with Crippen molar-refractivity contribution in [1.82, 2.24) is 5.32 Å². The first-order valence-electron chi connectivity index (χ1n) is 7.94. The van der Waals surface area contributed by atoms with Crippen LogP contribution >= 0.6 is 11.8 Å². The smallest absolute Gasteiger partial charge is 0.313 e. The van der Waals surface area contributed by atoms with Gasteiger partial charge in [-0.2, -0.15) is 5.10 Å². The van der Waals surface area contributed by atoms with Gasteiger partial charge >= 0.3 is 5.97 Å². The van der Waals surface area contributed by atoms with Gasteiger partial charge in [0.15, 0.2) is 0 Å². The van der Waals surface area contributed by atoms with E-state index in [1.807, 2.05) is 32.0 Å². The van der Waals surface area contributed by atoms with Gasteiger partial charge in [-0.3, -0.25) is 14.4 Å². The molecule has 1 heterocycles. The average molecular weight is 363 g/mol. The molecule has 1 aromatic rings. The standard InChI is InChI=1S/C17H21N3O4S/c1-11-3-4-12(2)14(9-11)20-15(21)6-5-13(19-20)17(24)18-7-8-25-10-16(22)23/h3-4,9H,5-8,10H2,1-2H3,(H,18,24)(H,22,23). The summed E-state index contributed by atoms with van der Waals surface area (Å²) in [4.78, 5) is 34.9. The van der Waals surface area contributed by atoms with Gasteiger partial charge in [-0.05, 0) is 31.0 Å². The molecule has 0 atom stereocenters. The number of hydrogen-bond acceptors (Lipinski definition) is 5. The Balaban J connectivity index is 2.03. The van der Waals surface area contributed by atoms with E-state index >= 15 is 0 Å². The minimum Gasteiger partial charge on any atom is -0.481 e. The van der Waals surface area contributed by atoms with E-state index in [1.165, 1.54) is 16.8 Å². The van der Waals surface area contributed by atoms with Crippen LogP contribution in [-0.4, -0.2) is 46.7 Å². The molecule has 1 aliphatic rings. The number of thioether (sulfide) groups is 1. The van der Waals surface area contributed by atoms with Gasteiger partial charge < -0.3 is 10.4 Å². The number of benzene rings is 1. The summed E-state index contributed by atoms with van der Waals surface area (Å²) in [5.41, 5.74) is 2.92. The van der Waals surface area contributed by atoms with Crippen LogP contribution in [0.15, 0.2) is 23.3 Å². The lowest BCUT2D eigenvalue weighted by Crippen LogP contribution is -2.40.